The second kappa shape index (κ2) is 37.0. The van der Waals surface area contributed by atoms with Crippen molar-refractivity contribution in [2.45, 2.75) is 234 Å². The Morgan fingerprint density at radius 1 is 0.490 bits per heavy atom. The summed E-state index contributed by atoms with van der Waals surface area (Å²) in [6.45, 7) is 21.5. The van der Waals surface area contributed by atoms with Crippen LogP contribution < -0.4 is 0 Å². The molecule has 5 heteroatoms. The second-order valence-electron chi connectivity index (χ2n) is 15.6. The lowest BCUT2D eigenvalue weighted by molar-refractivity contribution is 0.00995. The van der Waals surface area contributed by atoms with Crippen LogP contribution in [0.15, 0.2) is 0 Å². The Bertz CT molecular complexity index is 673. The Morgan fingerprint density at radius 3 is 1.39 bits per heavy atom. The number of unbranched alkanes of at least 4 members (excludes halogenated alkanes) is 17. The van der Waals surface area contributed by atoms with Gasteiger partial charge in [0, 0.05) is 25.7 Å². The Kier molecular flexibility index (Phi) is 36.4. The van der Waals surface area contributed by atoms with Gasteiger partial charge in [0.05, 0.1) is 0 Å². The molecule has 0 N–H and O–H groups in total. The fraction of sp³-hybridized carbons (Fsp3) is 0.977. The minimum absolute atomic E-state index is 0.000968. The maximum atomic E-state index is 12.7. The molecule has 0 rings (SSSR count). The first-order chi connectivity index (χ1) is 23.9. The van der Waals surface area contributed by atoms with E-state index < -0.39 is 6.16 Å². The fourth-order valence-electron chi connectivity index (χ4n) is 7.24. The summed E-state index contributed by atoms with van der Waals surface area (Å²) in [5.41, 5.74) is 0. The molecule has 2 atom stereocenters. The number of ether oxygens (including phenoxy) is 2. The smallest absolute Gasteiger partial charge is 0.433 e. The van der Waals surface area contributed by atoms with Crippen molar-refractivity contribution in [2.24, 2.45) is 5.92 Å². The third-order valence-corrected chi connectivity index (χ3v) is 10.8. The third-order valence-electron chi connectivity index (χ3n) is 10.8. The van der Waals surface area contributed by atoms with Gasteiger partial charge in [-0.1, -0.05) is 169 Å². The summed E-state index contributed by atoms with van der Waals surface area (Å²) < 4.78 is 11.6. The Hall–Kier alpha value is -0.810. The van der Waals surface area contributed by atoms with Crippen molar-refractivity contribution in [2.75, 3.05) is 39.3 Å². The summed E-state index contributed by atoms with van der Waals surface area (Å²) in [5.74, 6) is 0.914. The van der Waals surface area contributed by atoms with Crippen LogP contribution in [-0.2, 0) is 9.47 Å². The largest absolute Gasteiger partial charge is 0.508 e. The molecule has 0 aromatic heterocycles. The predicted molar refractivity (Wildman–Crippen MR) is 216 cm³/mol. The van der Waals surface area contributed by atoms with E-state index in [-0.39, 0.29) is 6.10 Å². The van der Waals surface area contributed by atoms with Crippen LogP contribution in [0.1, 0.15) is 222 Å². The first-order valence-electron chi connectivity index (χ1n) is 22.2. The lowest BCUT2D eigenvalue weighted by Gasteiger charge is -2.30. The van der Waals surface area contributed by atoms with Crippen molar-refractivity contribution >= 4 is 6.16 Å². The van der Waals surface area contributed by atoms with E-state index in [1.807, 2.05) is 0 Å². The molecule has 0 bridgehead atoms. The summed E-state index contributed by atoms with van der Waals surface area (Å²) in [6.07, 6.45) is 34.9. The van der Waals surface area contributed by atoms with Crippen molar-refractivity contribution in [3.63, 3.8) is 0 Å². The Morgan fingerprint density at radius 2 is 0.918 bits per heavy atom. The standard InChI is InChI=1S/C44H90N2O3/c1-8-13-17-21-23-25-29-35-43(34-28-20-16-11-4)49-44(47)48-40-39-46(41(6)7)38-37-45(12-5)36-30-33-42(31-26-19-15-10-3)32-27-24-22-18-14-9-2/h41-43H,8-40H2,1-7H3. The maximum absolute atomic E-state index is 12.7. The number of hydrogen-bond donors (Lipinski definition) is 0. The van der Waals surface area contributed by atoms with Gasteiger partial charge in [-0.25, -0.2) is 4.79 Å². The molecule has 0 aliphatic rings. The highest BCUT2D eigenvalue weighted by atomic mass is 16.7. The molecule has 0 amide bonds. The molecule has 2 unspecified atom stereocenters. The lowest BCUT2D eigenvalue weighted by atomic mass is 9.90. The lowest BCUT2D eigenvalue weighted by Crippen LogP contribution is -2.41. The molecule has 0 heterocycles. The zero-order chi connectivity index (χ0) is 36.2. The first-order valence-corrected chi connectivity index (χ1v) is 22.2. The van der Waals surface area contributed by atoms with Gasteiger partial charge >= 0.3 is 6.16 Å². The molecule has 0 fully saturated rings. The molecule has 5 nitrogen and oxygen atoms in total. The van der Waals surface area contributed by atoms with Crippen molar-refractivity contribution < 1.29 is 14.3 Å². The number of likely N-dealkylation sites (N-methyl/N-ethyl adjacent to an activating group) is 1. The molecule has 0 aliphatic carbocycles. The van der Waals surface area contributed by atoms with E-state index in [0.29, 0.717) is 12.6 Å². The van der Waals surface area contributed by atoms with Crippen LogP contribution in [0.5, 0.6) is 0 Å². The molecule has 0 aromatic rings. The van der Waals surface area contributed by atoms with Crippen LogP contribution in [0.2, 0.25) is 0 Å². The zero-order valence-electron chi connectivity index (χ0n) is 34.7. The summed E-state index contributed by atoms with van der Waals surface area (Å²) in [7, 11) is 0. The number of hydrogen-bond acceptors (Lipinski definition) is 5. The minimum Gasteiger partial charge on any atom is -0.433 e. The highest BCUT2D eigenvalue weighted by Crippen LogP contribution is 2.23. The second-order valence-corrected chi connectivity index (χ2v) is 15.6. The van der Waals surface area contributed by atoms with Crippen LogP contribution in [0.4, 0.5) is 4.79 Å². The van der Waals surface area contributed by atoms with E-state index in [4.69, 9.17) is 9.47 Å². The number of carbonyl (C=O) groups is 1. The number of nitrogens with zero attached hydrogens (tertiary/aromatic N) is 2. The highest BCUT2D eigenvalue weighted by Gasteiger charge is 2.18. The van der Waals surface area contributed by atoms with Gasteiger partial charge in [-0.2, -0.15) is 0 Å². The van der Waals surface area contributed by atoms with Gasteiger partial charge in [-0.05, 0) is 71.4 Å². The monoisotopic (exact) mass is 695 g/mol. The molecule has 0 aliphatic heterocycles. The normalized spacial score (nSPS) is 13.1. The first kappa shape index (κ1) is 48.2. The molecule has 49 heavy (non-hydrogen) atoms. The Labute approximate surface area is 308 Å². The summed E-state index contributed by atoms with van der Waals surface area (Å²) in [5, 5.41) is 0. The molecule has 0 saturated carbocycles. The Balaban J connectivity index is 4.62. The van der Waals surface area contributed by atoms with Gasteiger partial charge in [-0.3, -0.25) is 4.90 Å². The van der Waals surface area contributed by atoms with Gasteiger partial charge in [0.1, 0.15) is 12.7 Å². The quantitative estimate of drug-likeness (QED) is 0.0475. The zero-order valence-corrected chi connectivity index (χ0v) is 34.7. The molecule has 294 valence electrons. The highest BCUT2D eigenvalue weighted by molar-refractivity contribution is 5.60. The number of carbonyl (C=O) groups excluding carboxylic acids is 1. The fourth-order valence-corrected chi connectivity index (χ4v) is 7.24. The average Bonchev–Trinajstić information content (AvgIpc) is 3.09. The average molecular weight is 695 g/mol. The molecule has 0 aromatic carbocycles. The van der Waals surface area contributed by atoms with E-state index in [1.54, 1.807) is 0 Å². The summed E-state index contributed by atoms with van der Waals surface area (Å²) >= 11 is 0. The van der Waals surface area contributed by atoms with E-state index in [0.717, 1.165) is 57.8 Å². The third kappa shape index (κ3) is 31.6. The minimum atomic E-state index is -0.465. The van der Waals surface area contributed by atoms with E-state index >= 15 is 0 Å². The summed E-state index contributed by atoms with van der Waals surface area (Å²) in [6, 6.07) is 0.423. The van der Waals surface area contributed by atoms with Crippen molar-refractivity contribution in [1.29, 1.82) is 0 Å². The van der Waals surface area contributed by atoms with Crippen LogP contribution in [0.25, 0.3) is 0 Å². The van der Waals surface area contributed by atoms with Crippen molar-refractivity contribution in [3.8, 4) is 0 Å². The molecular weight excluding hydrogens is 604 g/mol. The summed E-state index contributed by atoms with van der Waals surface area (Å²) in [4.78, 5) is 17.8. The van der Waals surface area contributed by atoms with E-state index in [1.165, 1.54) is 154 Å². The predicted octanol–water partition coefficient (Wildman–Crippen LogP) is 13.8. The van der Waals surface area contributed by atoms with Crippen molar-refractivity contribution in [3.05, 3.63) is 0 Å². The van der Waals surface area contributed by atoms with Crippen LogP contribution in [0.3, 0.4) is 0 Å². The van der Waals surface area contributed by atoms with Crippen LogP contribution >= 0.6 is 0 Å². The van der Waals surface area contributed by atoms with E-state index in [9.17, 15) is 4.79 Å². The van der Waals surface area contributed by atoms with Gasteiger partial charge in [-0.15, -0.1) is 0 Å². The van der Waals surface area contributed by atoms with Crippen molar-refractivity contribution in [1.82, 2.24) is 9.80 Å². The topological polar surface area (TPSA) is 42.0 Å². The van der Waals surface area contributed by atoms with Crippen LogP contribution in [-0.4, -0.2) is 67.4 Å². The molecular formula is C44H90N2O3. The molecule has 0 spiro atoms. The molecule has 0 radical (unpaired) electrons. The van der Waals surface area contributed by atoms with Gasteiger partial charge in [0.25, 0.3) is 0 Å². The van der Waals surface area contributed by atoms with Gasteiger partial charge in [0.2, 0.25) is 0 Å². The van der Waals surface area contributed by atoms with Gasteiger partial charge in [0.15, 0.2) is 0 Å². The van der Waals surface area contributed by atoms with Crippen LogP contribution in [0, 0.1) is 5.92 Å². The number of rotatable bonds is 38. The molecule has 0 saturated heterocycles. The van der Waals surface area contributed by atoms with E-state index in [2.05, 4.69) is 58.3 Å². The van der Waals surface area contributed by atoms with Gasteiger partial charge < -0.3 is 14.4 Å². The maximum Gasteiger partial charge on any atom is 0.508 e. The SMILES string of the molecule is CCCCCCCCCC(CCCCCC)OC(=O)OCCN(CCN(CC)CCCC(CCCCCC)CCCCCCCC)C(C)C.